The van der Waals surface area contributed by atoms with Gasteiger partial charge in [-0.25, -0.2) is 8.78 Å². The molecule has 2 aliphatic rings. The lowest BCUT2D eigenvalue weighted by atomic mass is 9.91. The highest BCUT2D eigenvalue weighted by atomic mass is 32.1. The van der Waals surface area contributed by atoms with Gasteiger partial charge in [0.1, 0.15) is 34.8 Å². The van der Waals surface area contributed by atoms with Gasteiger partial charge in [0.25, 0.3) is 0 Å². The molecule has 0 aliphatic carbocycles. The third-order valence-corrected chi connectivity index (χ3v) is 11.5. The summed E-state index contributed by atoms with van der Waals surface area (Å²) in [5, 5.41) is 9.53. The van der Waals surface area contributed by atoms with Gasteiger partial charge in [0.15, 0.2) is 5.82 Å². The normalized spacial score (nSPS) is 20.2. The average Bonchev–Trinajstić information content (AvgIpc) is 3.71. The molecule has 268 valence electrons. The Morgan fingerprint density at radius 2 is 1.96 bits per heavy atom. The van der Waals surface area contributed by atoms with Crippen molar-refractivity contribution in [2.75, 3.05) is 36.9 Å². The van der Waals surface area contributed by atoms with Gasteiger partial charge in [-0.3, -0.25) is 4.90 Å². The Kier molecular flexibility index (Phi) is 9.91. The number of rotatable bonds is 11. The van der Waals surface area contributed by atoms with E-state index < -0.39 is 28.9 Å². The standard InChI is InChI=1S/C37H43F5N6OS/c1-6-22(10-9-20(3)4)48(7-2)34-24-15-26(37(40,41)42)29(23-11-12-27(38)32-28(23)25(17-43)33(44)50-32)30(39)31(24)45-35(46-34)49-19-36-13-8-14-47(36)18-21(5)16-36/h11-12,15,20-22H,6-10,13-14,16,18-19,44H2,1-5H3. The minimum absolute atomic E-state index is 0.0731. The highest BCUT2D eigenvalue weighted by Crippen LogP contribution is 2.48. The van der Waals surface area contributed by atoms with Gasteiger partial charge in [-0.2, -0.15) is 28.4 Å². The van der Waals surface area contributed by atoms with Crippen molar-refractivity contribution in [3.63, 3.8) is 0 Å². The Hall–Kier alpha value is -3.76. The van der Waals surface area contributed by atoms with Crippen molar-refractivity contribution in [3.05, 3.63) is 41.0 Å². The molecule has 0 spiro atoms. The van der Waals surface area contributed by atoms with Crippen molar-refractivity contribution in [1.82, 2.24) is 14.9 Å². The third-order valence-electron chi connectivity index (χ3n) is 10.5. The zero-order valence-electron chi connectivity index (χ0n) is 29.1. The van der Waals surface area contributed by atoms with Crippen LogP contribution in [0.2, 0.25) is 0 Å². The molecule has 0 amide bonds. The van der Waals surface area contributed by atoms with Crippen LogP contribution in [0.25, 0.3) is 32.1 Å². The average molecular weight is 715 g/mol. The summed E-state index contributed by atoms with van der Waals surface area (Å²) in [6, 6.07) is 4.59. The molecule has 3 atom stereocenters. The van der Waals surface area contributed by atoms with E-state index >= 15 is 17.6 Å². The molecule has 4 heterocycles. The number of hydrogen-bond acceptors (Lipinski definition) is 8. The number of ether oxygens (including phenoxy) is 1. The molecule has 2 aromatic heterocycles. The number of aromatic nitrogens is 2. The molecule has 50 heavy (non-hydrogen) atoms. The number of hydrogen-bond donors (Lipinski definition) is 1. The lowest BCUT2D eigenvalue weighted by Crippen LogP contribution is -2.43. The van der Waals surface area contributed by atoms with Crippen molar-refractivity contribution in [1.29, 1.82) is 5.26 Å². The van der Waals surface area contributed by atoms with E-state index in [0.29, 0.717) is 24.8 Å². The SMILES string of the molecule is CCC(CCC(C)C)N(CC)c1nc(OCC23CCCN2CC(C)C3)nc2c(F)c(-c3ccc(F)c4sc(N)c(C#N)c34)c(C(F)(F)F)cc12. The fraction of sp³-hybridized carbons (Fsp3) is 0.541. The number of halogens is 5. The summed E-state index contributed by atoms with van der Waals surface area (Å²) in [6.45, 7) is 12.9. The number of nitrogens with two attached hydrogens (primary N) is 1. The molecule has 2 saturated heterocycles. The molecule has 3 unspecified atom stereocenters. The van der Waals surface area contributed by atoms with Crippen LogP contribution in [0.5, 0.6) is 6.01 Å². The summed E-state index contributed by atoms with van der Waals surface area (Å²) in [5.74, 6) is -0.983. The van der Waals surface area contributed by atoms with Gasteiger partial charge in [0, 0.05) is 35.5 Å². The van der Waals surface area contributed by atoms with E-state index in [0.717, 1.165) is 74.7 Å². The lowest BCUT2D eigenvalue weighted by Gasteiger charge is -2.34. The van der Waals surface area contributed by atoms with Crippen LogP contribution in [0.3, 0.4) is 0 Å². The summed E-state index contributed by atoms with van der Waals surface area (Å²) < 4.78 is 83.6. The summed E-state index contributed by atoms with van der Waals surface area (Å²) in [4.78, 5) is 13.6. The van der Waals surface area contributed by atoms with Gasteiger partial charge in [-0.1, -0.05) is 33.8 Å². The third kappa shape index (κ3) is 6.34. The Labute approximate surface area is 293 Å². The Balaban J connectivity index is 1.61. The molecule has 2 aliphatic heterocycles. The van der Waals surface area contributed by atoms with Gasteiger partial charge in [0.2, 0.25) is 0 Å². The van der Waals surface area contributed by atoms with E-state index in [-0.39, 0.29) is 67.1 Å². The van der Waals surface area contributed by atoms with Crippen molar-refractivity contribution in [2.24, 2.45) is 11.8 Å². The number of thiophene rings is 1. The van der Waals surface area contributed by atoms with Crippen molar-refractivity contribution in [2.45, 2.75) is 90.9 Å². The number of nitrogen functional groups attached to an aromatic ring is 1. The predicted molar refractivity (Wildman–Crippen MR) is 188 cm³/mol. The molecule has 4 aromatic rings. The Bertz CT molecular complexity index is 1960. The summed E-state index contributed by atoms with van der Waals surface area (Å²) >= 11 is 0.732. The zero-order valence-corrected chi connectivity index (χ0v) is 29.9. The molecule has 0 saturated carbocycles. The van der Waals surface area contributed by atoms with Crippen LogP contribution >= 0.6 is 11.3 Å². The maximum atomic E-state index is 17.2. The lowest BCUT2D eigenvalue weighted by molar-refractivity contribution is -0.137. The number of anilines is 2. The molecule has 7 nitrogen and oxygen atoms in total. The molecule has 13 heteroatoms. The smallest absolute Gasteiger partial charge is 0.417 e. The molecular formula is C37H43F5N6OS. The van der Waals surface area contributed by atoms with E-state index in [1.807, 2.05) is 24.8 Å². The van der Waals surface area contributed by atoms with Crippen LogP contribution in [0.15, 0.2) is 18.2 Å². The number of nitriles is 1. The van der Waals surface area contributed by atoms with Crippen LogP contribution < -0.4 is 15.4 Å². The number of alkyl halides is 3. The summed E-state index contributed by atoms with van der Waals surface area (Å²) in [5.41, 5.74) is 2.83. The topological polar surface area (TPSA) is 91.3 Å². The molecule has 0 radical (unpaired) electrons. The van der Waals surface area contributed by atoms with Gasteiger partial charge in [0.05, 0.1) is 21.4 Å². The Morgan fingerprint density at radius 1 is 1.20 bits per heavy atom. The molecule has 6 rings (SSSR count). The van der Waals surface area contributed by atoms with Gasteiger partial charge in [-0.05, 0) is 81.5 Å². The second kappa shape index (κ2) is 13.8. The van der Waals surface area contributed by atoms with Crippen LogP contribution in [-0.2, 0) is 6.18 Å². The number of fused-ring (bicyclic) bond motifs is 3. The minimum Gasteiger partial charge on any atom is -0.461 e. The van der Waals surface area contributed by atoms with Crippen LogP contribution in [-0.4, -0.2) is 52.7 Å². The fourth-order valence-corrected chi connectivity index (χ4v) is 9.13. The molecule has 2 fully saturated rings. The highest BCUT2D eigenvalue weighted by Gasteiger charge is 2.48. The minimum atomic E-state index is -5.03. The van der Waals surface area contributed by atoms with E-state index in [2.05, 4.69) is 30.7 Å². The number of nitrogens with zero attached hydrogens (tertiary/aromatic N) is 5. The van der Waals surface area contributed by atoms with Crippen LogP contribution in [0.4, 0.5) is 32.8 Å². The first-order valence-electron chi connectivity index (χ1n) is 17.4. The van der Waals surface area contributed by atoms with Gasteiger partial charge >= 0.3 is 12.2 Å². The fourth-order valence-electron chi connectivity index (χ4n) is 8.18. The molecule has 2 N–H and O–H groups in total. The first-order valence-corrected chi connectivity index (χ1v) is 18.2. The highest BCUT2D eigenvalue weighted by molar-refractivity contribution is 7.23. The summed E-state index contributed by atoms with van der Waals surface area (Å²) in [7, 11) is 0. The van der Waals surface area contributed by atoms with Crippen LogP contribution in [0, 0.1) is 34.8 Å². The van der Waals surface area contributed by atoms with Crippen molar-refractivity contribution < 1.29 is 26.7 Å². The maximum absolute atomic E-state index is 17.2. The quantitative estimate of drug-likeness (QED) is 0.155. The van der Waals surface area contributed by atoms with E-state index in [9.17, 15) is 9.65 Å². The second-order valence-corrected chi connectivity index (χ2v) is 15.3. The van der Waals surface area contributed by atoms with E-state index in [1.54, 1.807) is 0 Å². The summed E-state index contributed by atoms with van der Waals surface area (Å²) in [6.07, 6.45) is 0.196. The first kappa shape index (κ1) is 36.0. The van der Waals surface area contributed by atoms with Crippen molar-refractivity contribution in [3.8, 4) is 23.2 Å². The zero-order chi connectivity index (χ0) is 36.1. The predicted octanol–water partition coefficient (Wildman–Crippen LogP) is 9.56. The van der Waals surface area contributed by atoms with Crippen LogP contribution in [0.1, 0.15) is 84.3 Å². The van der Waals surface area contributed by atoms with Gasteiger partial charge < -0.3 is 15.4 Å². The number of benzene rings is 2. The second-order valence-electron chi connectivity index (χ2n) is 14.3. The van der Waals surface area contributed by atoms with Crippen molar-refractivity contribution >= 4 is 43.1 Å². The van der Waals surface area contributed by atoms with Gasteiger partial charge in [-0.15, -0.1) is 11.3 Å². The maximum Gasteiger partial charge on any atom is 0.417 e. The first-order chi connectivity index (χ1) is 23.7. The van der Waals surface area contributed by atoms with E-state index in [4.69, 9.17) is 15.5 Å². The Morgan fingerprint density at radius 3 is 2.62 bits per heavy atom. The molecular weight excluding hydrogens is 672 g/mol. The largest absolute Gasteiger partial charge is 0.461 e. The monoisotopic (exact) mass is 714 g/mol. The molecule has 0 bridgehead atoms. The van der Waals surface area contributed by atoms with E-state index in [1.165, 1.54) is 0 Å². The molecule has 2 aromatic carbocycles.